The molecule has 2 heterocycles. The summed E-state index contributed by atoms with van der Waals surface area (Å²) in [5, 5.41) is 0. The second-order valence-corrected chi connectivity index (χ2v) is 9.04. The molecule has 0 unspecified atom stereocenters. The summed E-state index contributed by atoms with van der Waals surface area (Å²) in [6.45, 7) is 6.84. The maximum Gasteiger partial charge on any atom is 0.274 e. The zero-order chi connectivity index (χ0) is 20.6. The Morgan fingerprint density at radius 2 is 1.64 bits per heavy atom. The minimum atomic E-state index is -3.69. The van der Waals surface area contributed by atoms with Crippen LogP contribution in [-0.2, 0) is 21.8 Å². The molecule has 1 fully saturated rings. The highest BCUT2D eigenvalue weighted by Gasteiger charge is 2.34. The Balaban J connectivity index is 2.02. The third-order valence-electron chi connectivity index (χ3n) is 5.36. The van der Waals surface area contributed by atoms with Crippen molar-refractivity contribution in [1.29, 1.82) is 0 Å². The smallest absolute Gasteiger partial charge is 0.274 e. The molecule has 0 N–H and O–H groups in total. The van der Waals surface area contributed by atoms with Crippen molar-refractivity contribution in [2.75, 3.05) is 38.3 Å². The number of rotatable bonds is 4. The van der Waals surface area contributed by atoms with Crippen LogP contribution in [-0.4, -0.2) is 56.5 Å². The highest BCUT2D eigenvalue weighted by molar-refractivity contribution is 7.89. The second-order valence-electron chi connectivity index (χ2n) is 7.16. The van der Waals surface area contributed by atoms with Crippen LogP contribution in [0.25, 0.3) is 0 Å². The molecular weight excluding hydrogens is 378 g/mol. The molecule has 0 saturated carbocycles. The van der Waals surface area contributed by atoms with Crippen molar-refractivity contribution in [3.63, 3.8) is 0 Å². The number of anilines is 1. The van der Waals surface area contributed by atoms with Gasteiger partial charge >= 0.3 is 0 Å². The van der Waals surface area contributed by atoms with E-state index in [4.69, 9.17) is 4.74 Å². The fourth-order valence-electron chi connectivity index (χ4n) is 3.59. The van der Waals surface area contributed by atoms with Crippen molar-refractivity contribution in [2.24, 2.45) is 7.05 Å². The summed E-state index contributed by atoms with van der Waals surface area (Å²) < 4.78 is 34.8. The van der Waals surface area contributed by atoms with E-state index in [1.165, 1.54) is 4.31 Å². The lowest BCUT2D eigenvalue weighted by Crippen LogP contribution is -2.41. The first-order valence-electron chi connectivity index (χ1n) is 9.24. The Bertz CT molecular complexity index is 987. The van der Waals surface area contributed by atoms with E-state index in [1.807, 2.05) is 31.2 Å². The summed E-state index contributed by atoms with van der Waals surface area (Å²) in [5.41, 5.74) is 3.29. The number of hydrogen-bond donors (Lipinski definition) is 0. The van der Waals surface area contributed by atoms with Gasteiger partial charge in [0.1, 0.15) is 10.6 Å². The van der Waals surface area contributed by atoms with E-state index in [0.29, 0.717) is 43.3 Å². The van der Waals surface area contributed by atoms with Crippen LogP contribution in [0.1, 0.15) is 27.3 Å². The molecular formula is C20H27N3O4S. The van der Waals surface area contributed by atoms with Gasteiger partial charge < -0.3 is 14.2 Å². The van der Waals surface area contributed by atoms with Crippen LogP contribution < -0.4 is 4.90 Å². The van der Waals surface area contributed by atoms with E-state index in [-0.39, 0.29) is 10.8 Å². The number of amides is 1. The highest BCUT2D eigenvalue weighted by atomic mass is 32.2. The Kier molecular flexibility index (Phi) is 5.65. The SMILES string of the molecule is Cc1ccc(N(C)C(=O)c2c(C)c(S(=O)(=O)N3CCOCC3)c(C)n2C)cc1. The molecule has 28 heavy (non-hydrogen) atoms. The molecule has 1 amide bonds. The van der Waals surface area contributed by atoms with Crippen LogP contribution in [0.15, 0.2) is 29.2 Å². The largest absolute Gasteiger partial charge is 0.379 e. The van der Waals surface area contributed by atoms with Crippen molar-refractivity contribution in [1.82, 2.24) is 8.87 Å². The summed E-state index contributed by atoms with van der Waals surface area (Å²) in [7, 11) is -0.260. The monoisotopic (exact) mass is 405 g/mol. The van der Waals surface area contributed by atoms with E-state index in [0.717, 1.165) is 11.3 Å². The standard InChI is InChI=1S/C20H27N3O4S/c1-14-6-8-17(9-7-14)22(5)20(24)18-15(2)19(16(3)21(18)4)28(25,26)23-10-12-27-13-11-23/h6-9H,10-13H2,1-5H3. The van der Waals surface area contributed by atoms with Crippen LogP contribution in [0.2, 0.25) is 0 Å². The molecule has 0 spiro atoms. The first-order chi connectivity index (χ1) is 13.2. The van der Waals surface area contributed by atoms with E-state index >= 15 is 0 Å². The lowest BCUT2D eigenvalue weighted by atomic mass is 10.2. The normalized spacial score (nSPS) is 15.6. The quantitative estimate of drug-likeness (QED) is 0.782. The molecule has 0 aliphatic carbocycles. The first kappa shape index (κ1) is 20.6. The average molecular weight is 406 g/mol. The van der Waals surface area contributed by atoms with Gasteiger partial charge in [0.05, 0.1) is 13.2 Å². The summed E-state index contributed by atoms with van der Waals surface area (Å²) in [6, 6.07) is 7.64. The van der Waals surface area contributed by atoms with Crippen molar-refractivity contribution < 1.29 is 17.9 Å². The Morgan fingerprint density at radius 1 is 1.07 bits per heavy atom. The van der Waals surface area contributed by atoms with Gasteiger partial charge in [-0.3, -0.25) is 4.79 Å². The van der Waals surface area contributed by atoms with Crippen molar-refractivity contribution in [3.05, 3.63) is 46.8 Å². The molecule has 1 aliphatic heterocycles. The van der Waals surface area contributed by atoms with Gasteiger partial charge in [-0.25, -0.2) is 8.42 Å². The predicted octanol–water partition coefficient (Wildman–Crippen LogP) is 2.25. The Hall–Kier alpha value is -2.16. The van der Waals surface area contributed by atoms with Gasteiger partial charge in [-0.05, 0) is 32.9 Å². The zero-order valence-electron chi connectivity index (χ0n) is 17.0. The maximum atomic E-state index is 13.2. The second kappa shape index (κ2) is 7.69. The molecule has 1 aromatic carbocycles. The molecule has 7 nitrogen and oxygen atoms in total. The average Bonchev–Trinajstić information content (AvgIpc) is 2.91. The fraction of sp³-hybridized carbons (Fsp3) is 0.450. The van der Waals surface area contributed by atoms with Gasteiger partial charge in [-0.15, -0.1) is 0 Å². The summed E-state index contributed by atoms with van der Waals surface area (Å²) in [4.78, 5) is 15.0. The number of sulfonamides is 1. The molecule has 0 bridgehead atoms. The van der Waals surface area contributed by atoms with E-state index in [9.17, 15) is 13.2 Å². The van der Waals surface area contributed by atoms with Crippen LogP contribution in [0.5, 0.6) is 0 Å². The van der Waals surface area contributed by atoms with Gasteiger partial charge in [0, 0.05) is 44.1 Å². The topological polar surface area (TPSA) is 71.8 Å². The van der Waals surface area contributed by atoms with E-state index in [2.05, 4.69) is 0 Å². The zero-order valence-corrected chi connectivity index (χ0v) is 17.8. The number of nitrogens with zero attached hydrogens (tertiary/aromatic N) is 3. The van der Waals surface area contributed by atoms with Crippen LogP contribution >= 0.6 is 0 Å². The number of hydrogen-bond acceptors (Lipinski definition) is 4. The van der Waals surface area contributed by atoms with Gasteiger partial charge in [-0.1, -0.05) is 17.7 Å². The summed E-state index contributed by atoms with van der Waals surface area (Å²) in [6.07, 6.45) is 0. The van der Waals surface area contributed by atoms with Crippen LogP contribution in [0, 0.1) is 20.8 Å². The summed E-state index contributed by atoms with van der Waals surface area (Å²) in [5.74, 6) is -0.240. The number of morpholine rings is 1. The molecule has 152 valence electrons. The number of carbonyl (C=O) groups excluding carboxylic acids is 1. The molecule has 0 atom stereocenters. The molecule has 1 saturated heterocycles. The third kappa shape index (κ3) is 3.47. The molecule has 3 rings (SSSR count). The van der Waals surface area contributed by atoms with Gasteiger partial charge in [0.25, 0.3) is 5.91 Å². The highest BCUT2D eigenvalue weighted by Crippen LogP contribution is 2.30. The Morgan fingerprint density at radius 3 is 2.21 bits per heavy atom. The van der Waals surface area contributed by atoms with Crippen LogP contribution in [0.3, 0.4) is 0 Å². The first-order valence-corrected chi connectivity index (χ1v) is 10.7. The number of aromatic nitrogens is 1. The maximum absolute atomic E-state index is 13.2. The fourth-order valence-corrected chi connectivity index (χ4v) is 5.48. The van der Waals surface area contributed by atoms with Crippen LogP contribution in [0.4, 0.5) is 5.69 Å². The molecule has 2 aromatic rings. The third-order valence-corrected chi connectivity index (χ3v) is 7.52. The Labute approximate surface area is 166 Å². The molecule has 1 aliphatic rings. The predicted molar refractivity (Wildman–Crippen MR) is 108 cm³/mol. The minimum Gasteiger partial charge on any atom is -0.379 e. The minimum absolute atomic E-state index is 0.220. The van der Waals surface area contributed by atoms with Gasteiger partial charge in [0.2, 0.25) is 10.0 Å². The molecule has 8 heteroatoms. The number of benzene rings is 1. The van der Waals surface area contributed by atoms with Gasteiger partial charge in [-0.2, -0.15) is 4.31 Å². The van der Waals surface area contributed by atoms with Crippen molar-refractivity contribution in [2.45, 2.75) is 25.7 Å². The van der Waals surface area contributed by atoms with Crippen molar-refractivity contribution in [3.8, 4) is 0 Å². The number of aryl methyl sites for hydroxylation is 1. The van der Waals surface area contributed by atoms with Crippen molar-refractivity contribution >= 4 is 21.6 Å². The van der Waals surface area contributed by atoms with E-state index < -0.39 is 10.0 Å². The summed E-state index contributed by atoms with van der Waals surface area (Å²) >= 11 is 0. The number of carbonyl (C=O) groups is 1. The van der Waals surface area contributed by atoms with E-state index in [1.54, 1.807) is 37.4 Å². The molecule has 0 radical (unpaired) electrons. The lowest BCUT2D eigenvalue weighted by molar-refractivity contribution is 0.0730. The van der Waals surface area contributed by atoms with Gasteiger partial charge in [0.15, 0.2) is 0 Å². The lowest BCUT2D eigenvalue weighted by Gasteiger charge is -2.26. The number of ether oxygens (including phenoxy) is 1. The molecule has 1 aromatic heterocycles.